The van der Waals surface area contributed by atoms with Gasteiger partial charge in [0, 0.05) is 30.4 Å². The minimum atomic E-state index is -0.269. The van der Waals surface area contributed by atoms with Crippen LogP contribution in [0.4, 0.5) is 11.5 Å². The van der Waals surface area contributed by atoms with E-state index in [-0.39, 0.29) is 17.4 Å². The number of hydrogen-bond acceptors (Lipinski definition) is 4. The van der Waals surface area contributed by atoms with Crippen LogP contribution in [0.1, 0.15) is 48.5 Å². The zero-order valence-corrected chi connectivity index (χ0v) is 15.8. The van der Waals surface area contributed by atoms with Crippen molar-refractivity contribution in [1.29, 1.82) is 0 Å². The van der Waals surface area contributed by atoms with E-state index in [1.165, 1.54) is 5.56 Å². The molecule has 2 atom stereocenters. The van der Waals surface area contributed by atoms with Crippen LogP contribution in [0, 0.1) is 5.41 Å². The van der Waals surface area contributed by atoms with Gasteiger partial charge in [-0.2, -0.15) is 0 Å². The maximum atomic E-state index is 12.9. The second-order valence-corrected chi connectivity index (χ2v) is 8.04. The Morgan fingerprint density at radius 1 is 1.30 bits per heavy atom. The van der Waals surface area contributed by atoms with Crippen LogP contribution in [0.25, 0.3) is 0 Å². The molecule has 0 spiro atoms. The van der Waals surface area contributed by atoms with E-state index in [0.29, 0.717) is 18.7 Å². The number of amides is 1. The molecule has 27 heavy (non-hydrogen) atoms. The summed E-state index contributed by atoms with van der Waals surface area (Å²) >= 11 is 0. The summed E-state index contributed by atoms with van der Waals surface area (Å²) in [5, 5.41) is 13.7. The molecule has 1 aliphatic carbocycles. The average Bonchev–Trinajstić information content (AvgIpc) is 3.13. The molecule has 1 aromatic heterocycles. The molecule has 2 N–H and O–H groups in total. The van der Waals surface area contributed by atoms with Gasteiger partial charge in [-0.25, -0.2) is 4.98 Å². The first-order valence-corrected chi connectivity index (χ1v) is 9.85. The number of aliphatic hydroxyl groups is 1. The Balaban J connectivity index is 1.41. The first-order chi connectivity index (χ1) is 13.1. The van der Waals surface area contributed by atoms with E-state index in [0.717, 1.165) is 43.6 Å². The molecule has 0 saturated heterocycles. The molecule has 1 aromatic carbocycles. The van der Waals surface area contributed by atoms with Gasteiger partial charge >= 0.3 is 0 Å². The SMILES string of the molecule is CC1(CNc2ccc(C(=O)N3CCc4ccccc43)cn2)CCCCC1O. The summed E-state index contributed by atoms with van der Waals surface area (Å²) in [4.78, 5) is 19.1. The van der Waals surface area contributed by atoms with Crippen molar-refractivity contribution in [3.05, 3.63) is 53.7 Å². The van der Waals surface area contributed by atoms with Crippen LogP contribution in [0.5, 0.6) is 0 Å². The number of carbonyl (C=O) groups is 1. The summed E-state index contributed by atoms with van der Waals surface area (Å²) in [6, 6.07) is 11.7. The van der Waals surface area contributed by atoms with Gasteiger partial charge in [0.1, 0.15) is 5.82 Å². The van der Waals surface area contributed by atoms with E-state index in [2.05, 4.69) is 23.3 Å². The lowest BCUT2D eigenvalue weighted by Crippen LogP contribution is -2.41. The number of aliphatic hydroxyl groups excluding tert-OH is 1. The smallest absolute Gasteiger partial charge is 0.259 e. The van der Waals surface area contributed by atoms with Crippen LogP contribution in [-0.4, -0.2) is 35.2 Å². The number of carbonyl (C=O) groups excluding carboxylic acids is 1. The molecule has 1 saturated carbocycles. The van der Waals surface area contributed by atoms with Gasteiger partial charge in [0.15, 0.2) is 0 Å². The largest absolute Gasteiger partial charge is 0.392 e. The Hall–Kier alpha value is -2.40. The third-order valence-corrected chi connectivity index (χ3v) is 6.10. The molecule has 1 aliphatic heterocycles. The number of nitrogens with one attached hydrogen (secondary N) is 1. The molecular formula is C22H27N3O2. The van der Waals surface area contributed by atoms with Gasteiger partial charge < -0.3 is 15.3 Å². The first-order valence-electron chi connectivity index (χ1n) is 9.85. The van der Waals surface area contributed by atoms with Crippen molar-refractivity contribution in [2.24, 2.45) is 5.41 Å². The molecule has 4 rings (SSSR count). The third kappa shape index (κ3) is 3.56. The highest BCUT2D eigenvalue weighted by Crippen LogP contribution is 2.36. The molecule has 0 bridgehead atoms. The Morgan fingerprint density at radius 2 is 2.15 bits per heavy atom. The van der Waals surface area contributed by atoms with E-state index >= 15 is 0 Å². The molecule has 5 heteroatoms. The summed E-state index contributed by atoms with van der Waals surface area (Å²) in [6.45, 7) is 3.54. The summed E-state index contributed by atoms with van der Waals surface area (Å²) in [6.07, 6.45) is 6.43. The number of hydrogen-bond donors (Lipinski definition) is 2. The lowest BCUT2D eigenvalue weighted by atomic mass is 9.73. The average molecular weight is 365 g/mol. The van der Waals surface area contributed by atoms with Crippen molar-refractivity contribution in [3.63, 3.8) is 0 Å². The van der Waals surface area contributed by atoms with Gasteiger partial charge in [-0.05, 0) is 43.0 Å². The van der Waals surface area contributed by atoms with Crippen LogP contribution < -0.4 is 10.2 Å². The fourth-order valence-electron chi connectivity index (χ4n) is 4.21. The van der Waals surface area contributed by atoms with Crippen molar-refractivity contribution in [3.8, 4) is 0 Å². The number of aromatic nitrogens is 1. The van der Waals surface area contributed by atoms with E-state index in [1.54, 1.807) is 6.20 Å². The minimum Gasteiger partial charge on any atom is -0.392 e. The fourth-order valence-corrected chi connectivity index (χ4v) is 4.21. The lowest BCUT2D eigenvalue weighted by molar-refractivity contribution is 0.00958. The summed E-state index contributed by atoms with van der Waals surface area (Å²) in [7, 11) is 0. The van der Waals surface area contributed by atoms with Gasteiger partial charge in [-0.15, -0.1) is 0 Å². The second-order valence-electron chi connectivity index (χ2n) is 8.04. The maximum absolute atomic E-state index is 12.9. The zero-order chi connectivity index (χ0) is 18.9. The highest BCUT2D eigenvalue weighted by molar-refractivity contribution is 6.07. The van der Waals surface area contributed by atoms with Gasteiger partial charge in [-0.3, -0.25) is 4.79 Å². The first kappa shape index (κ1) is 18.0. The maximum Gasteiger partial charge on any atom is 0.259 e. The molecule has 2 aliphatic rings. The Morgan fingerprint density at radius 3 is 2.93 bits per heavy atom. The van der Waals surface area contributed by atoms with Crippen LogP contribution in [0.15, 0.2) is 42.6 Å². The molecule has 5 nitrogen and oxygen atoms in total. The molecule has 142 valence electrons. The number of para-hydroxylation sites is 1. The molecular weight excluding hydrogens is 338 g/mol. The number of rotatable bonds is 4. The topological polar surface area (TPSA) is 65.5 Å². The molecule has 1 amide bonds. The van der Waals surface area contributed by atoms with E-state index in [4.69, 9.17) is 0 Å². The number of fused-ring (bicyclic) bond motifs is 1. The number of benzene rings is 1. The number of pyridine rings is 1. The third-order valence-electron chi connectivity index (χ3n) is 6.10. The Kier molecular flexibility index (Phi) is 4.87. The highest BCUT2D eigenvalue weighted by atomic mass is 16.3. The molecule has 2 aromatic rings. The van der Waals surface area contributed by atoms with E-state index in [1.807, 2.05) is 35.2 Å². The van der Waals surface area contributed by atoms with Crippen molar-refractivity contribution in [2.75, 3.05) is 23.3 Å². The molecule has 2 heterocycles. The monoisotopic (exact) mass is 365 g/mol. The normalized spacial score (nSPS) is 24.5. The number of anilines is 2. The van der Waals surface area contributed by atoms with Gasteiger partial charge in [-0.1, -0.05) is 38.0 Å². The Bertz CT molecular complexity index is 821. The second kappa shape index (κ2) is 7.31. The quantitative estimate of drug-likeness (QED) is 0.868. The standard InChI is InChI=1S/C22H27N3O2/c1-22(12-5-4-8-19(22)26)15-24-20-10-9-17(14-23-20)21(27)25-13-11-16-6-2-3-7-18(16)25/h2-3,6-7,9-10,14,19,26H,4-5,8,11-13,15H2,1H3,(H,23,24). The van der Waals surface area contributed by atoms with Crippen molar-refractivity contribution in [2.45, 2.75) is 45.1 Å². The van der Waals surface area contributed by atoms with Gasteiger partial charge in [0.2, 0.25) is 0 Å². The lowest BCUT2D eigenvalue weighted by Gasteiger charge is -2.38. The van der Waals surface area contributed by atoms with Gasteiger partial charge in [0.05, 0.1) is 11.7 Å². The Labute approximate surface area is 160 Å². The van der Waals surface area contributed by atoms with Crippen LogP contribution in [0.2, 0.25) is 0 Å². The zero-order valence-electron chi connectivity index (χ0n) is 15.8. The van der Waals surface area contributed by atoms with Crippen LogP contribution >= 0.6 is 0 Å². The molecule has 0 radical (unpaired) electrons. The predicted octanol–water partition coefficient (Wildman–Crippen LogP) is 3.64. The predicted molar refractivity (Wildman–Crippen MR) is 107 cm³/mol. The minimum absolute atomic E-state index is 0.00587. The van der Waals surface area contributed by atoms with Gasteiger partial charge in [0.25, 0.3) is 5.91 Å². The van der Waals surface area contributed by atoms with Crippen molar-refractivity contribution < 1.29 is 9.90 Å². The summed E-state index contributed by atoms with van der Waals surface area (Å²) < 4.78 is 0. The van der Waals surface area contributed by atoms with E-state index < -0.39 is 0 Å². The summed E-state index contributed by atoms with van der Waals surface area (Å²) in [5.41, 5.74) is 2.70. The molecule has 1 fully saturated rings. The number of nitrogens with zero attached hydrogens (tertiary/aromatic N) is 2. The van der Waals surface area contributed by atoms with Crippen molar-refractivity contribution in [1.82, 2.24) is 4.98 Å². The highest BCUT2D eigenvalue weighted by Gasteiger charge is 2.35. The van der Waals surface area contributed by atoms with Crippen molar-refractivity contribution >= 4 is 17.4 Å². The van der Waals surface area contributed by atoms with Crippen LogP contribution in [-0.2, 0) is 6.42 Å². The van der Waals surface area contributed by atoms with E-state index in [9.17, 15) is 9.90 Å². The van der Waals surface area contributed by atoms with Crippen LogP contribution in [0.3, 0.4) is 0 Å². The fraction of sp³-hybridized carbons (Fsp3) is 0.455. The summed E-state index contributed by atoms with van der Waals surface area (Å²) in [5.74, 6) is 0.737. The molecule has 2 unspecified atom stereocenters.